The maximum absolute atomic E-state index is 12.8. The molecule has 110 valence electrons. The first-order valence-electron chi connectivity index (χ1n) is 6.41. The molecule has 0 spiro atoms. The van der Waals surface area contributed by atoms with Crippen molar-refractivity contribution in [2.45, 2.75) is 11.8 Å². The minimum absolute atomic E-state index is 0.220. The van der Waals surface area contributed by atoms with Crippen molar-refractivity contribution in [1.29, 1.82) is 0 Å². The lowest BCUT2D eigenvalue weighted by molar-refractivity contribution is 0.593. The molecule has 21 heavy (non-hydrogen) atoms. The fraction of sp³-hybridized carbons (Fsp3) is 0.125. The molecule has 0 saturated carbocycles. The van der Waals surface area contributed by atoms with Gasteiger partial charge in [-0.25, -0.2) is 8.42 Å². The molecule has 0 aliphatic rings. The largest absolute Gasteiger partial charge is 0.264 e. The molecule has 0 aromatic heterocycles. The zero-order valence-corrected chi connectivity index (χ0v) is 14.1. The lowest BCUT2D eigenvalue weighted by atomic mass is 10.2. The van der Waals surface area contributed by atoms with E-state index in [0.29, 0.717) is 5.69 Å². The van der Waals surface area contributed by atoms with Crippen molar-refractivity contribution in [1.82, 2.24) is 0 Å². The third-order valence-corrected chi connectivity index (χ3v) is 5.36. The van der Waals surface area contributed by atoms with Crippen molar-refractivity contribution < 1.29 is 8.42 Å². The van der Waals surface area contributed by atoms with Crippen molar-refractivity contribution in [3.05, 3.63) is 71.2 Å². The van der Waals surface area contributed by atoms with Gasteiger partial charge in [0, 0.05) is 4.47 Å². The predicted molar refractivity (Wildman–Crippen MR) is 90.0 cm³/mol. The van der Waals surface area contributed by atoms with Crippen LogP contribution in [0.15, 0.2) is 70.6 Å². The van der Waals surface area contributed by atoms with Gasteiger partial charge in [0.25, 0.3) is 10.0 Å². The lowest BCUT2D eigenvalue weighted by Gasteiger charge is -2.23. The Bertz CT molecular complexity index is 722. The van der Waals surface area contributed by atoms with Crippen LogP contribution in [0.2, 0.25) is 0 Å². The first-order chi connectivity index (χ1) is 9.95. The Morgan fingerprint density at radius 3 is 2.19 bits per heavy atom. The summed E-state index contributed by atoms with van der Waals surface area (Å²) in [5.74, 6) is 0. The van der Waals surface area contributed by atoms with Crippen LogP contribution in [-0.2, 0) is 10.0 Å². The molecule has 0 bridgehead atoms. The van der Waals surface area contributed by atoms with E-state index in [0.717, 1.165) is 10.0 Å². The first kappa shape index (κ1) is 15.8. The lowest BCUT2D eigenvalue weighted by Crippen LogP contribution is -2.31. The molecule has 2 aromatic rings. The second-order valence-corrected chi connectivity index (χ2v) is 7.39. The summed E-state index contributed by atoms with van der Waals surface area (Å²) in [7, 11) is -3.60. The number of anilines is 1. The van der Waals surface area contributed by atoms with Crippen LogP contribution < -0.4 is 4.31 Å². The Labute approximate surface area is 134 Å². The molecule has 0 aliphatic heterocycles. The highest BCUT2D eigenvalue weighted by atomic mass is 79.9. The predicted octanol–water partition coefficient (Wildman–Crippen LogP) is 4.14. The van der Waals surface area contributed by atoms with Gasteiger partial charge in [-0.3, -0.25) is 4.31 Å². The molecule has 2 aromatic carbocycles. The van der Waals surface area contributed by atoms with E-state index in [4.69, 9.17) is 0 Å². The number of nitrogens with zero attached hydrogens (tertiary/aromatic N) is 1. The smallest absolute Gasteiger partial charge is 0.263 e. The zero-order valence-electron chi connectivity index (χ0n) is 11.7. The van der Waals surface area contributed by atoms with Gasteiger partial charge in [0.05, 0.1) is 17.1 Å². The van der Waals surface area contributed by atoms with Crippen molar-refractivity contribution in [3.63, 3.8) is 0 Å². The normalized spacial score (nSPS) is 11.1. The number of hydrogen-bond donors (Lipinski definition) is 0. The Kier molecular flexibility index (Phi) is 4.85. The number of aryl methyl sites for hydroxylation is 1. The molecular weight excluding hydrogens is 350 g/mol. The quantitative estimate of drug-likeness (QED) is 0.746. The number of hydrogen-bond acceptors (Lipinski definition) is 2. The van der Waals surface area contributed by atoms with Crippen LogP contribution in [0, 0.1) is 6.92 Å². The van der Waals surface area contributed by atoms with E-state index >= 15 is 0 Å². The third-order valence-electron chi connectivity index (χ3n) is 3.02. The van der Waals surface area contributed by atoms with Gasteiger partial charge in [0.1, 0.15) is 0 Å². The van der Waals surface area contributed by atoms with Gasteiger partial charge in [-0.2, -0.15) is 0 Å². The highest BCUT2D eigenvalue weighted by molar-refractivity contribution is 9.10. The van der Waals surface area contributed by atoms with Gasteiger partial charge in [-0.15, -0.1) is 6.58 Å². The maximum Gasteiger partial charge on any atom is 0.264 e. The standard InChI is InChI=1S/C16H16BrNO2S/c1-3-12-18(15-8-6-14(17)7-9-15)21(19,20)16-10-4-13(2)5-11-16/h3-11H,1,12H2,2H3. The summed E-state index contributed by atoms with van der Waals surface area (Å²) in [4.78, 5) is 0.276. The minimum atomic E-state index is -3.60. The van der Waals surface area contributed by atoms with Gasteiger partial charge in [0.2, 0.25) is 0 Å². The van der Waals surface area contributed by atoms with Gasteiger partial charge < -0.3 is 0 Å². The molecule has 5 heteroatoms. The fourth-order valence-electron chi connectivity index (χ4n) is 1.90. The van der Waals surface area contributed by atoms with Crippen molar-refractivity contribution in [3.8, 4) is 0 Å². The Morgan fingerprint density at radius 2 is 1.67 bits per heavy atom. The van der Waals surface area contributed by atoms with E-state index in [-0.39, 0.29) is 11.4 Å². The highest BCUT2D eigenvalue weighted by Crippen LogP contribution is 2.25. The molecule has 0 atom stereocenters. The molecule has 2 rings (SSSR count). The average Bonchev–Trinajstić information content (AvgIpc) is 2.46. The Hall–Kier alpha value is -1.59. The summed E-state index contributed by atoms with van der Waals surface area (Å²) >= 11 is 3.35. The fourth-order valence-corrected chi connectivity index (χ4v) is 3.60. The van der Waals surface area contributed by atoms with Crippen LogP contribution in [0.4, 0.5) is 5.69 Å². The number of benzene rings is 2. The SMILES string of the molecule is C=CCN(c1ccc(Br)cc1)S(=O)(=O)c1ccc(C)cc1. The van der Waals surface area contributed by atoms with Crippen LogP contribution in [0.5, 0.6) is 0 Å². The monoisotopic (exact) mass is 365 g/mol. The Morgan fingerprint density at radius 1 is 1.10 bits per heavy atom. The number of halogens is 1. The molecule has 0 saturated heterocycles. The van der Waals surface area contributed by atoms with Gasteiger partial charge in [0.15, 0.2) is 0 Å². The van der Waals surface area contributed by atoms with Crippen molar-refractivity contribution in [2.75, 3.05) is 10.8 Å². The third kappa shape index (κ3) is 3.54. The molecule has 0 unspecified atom stereocenters. The first-order valence-corrected chi connectivity index (χ1v) is 8.64. The summed E-state index contributed by atoms with van der Waals surface area (Å²) in [6.07, 6.45) is 1.58. The minimum Gasteiger partial charge on any atom is -0.263 e. The summed E-state index contributed by atoms with van der Waals surface area (Å²) in [5.41, 5.74) is 1.63. The second-order valence-electron chi connectivity index (χ2n) is 4.61. The van der Waals surface area contributed by atoms with Crippen LogP contribution in [0.25, 0.3) is 0 Å². The second kappa shape index (κ2) is 6.45. The molecule has 0 heterocycles. The number of rotatable bonds is 5. The maximum atomic E-state index is 12.8. The molecule has 0 radical (unpaired) electrons. The Balaban J connectivity index is 2.47. The summed E-state index contributed by atoms with van der Waals surface area (Å²) in [6, 6.07) is 14.0. The van der Waals surface area contributed by atoms with Crippen LogP contribution in [-0.4, -0.2) is 15.0 Å². The summed E-state index contributed by atoms with van der Waals surface area (Å²) < 4.78 is 27.8. The van der Waals surface area contributed by atoms with Gasteiger partial charge >= 0.3 is 0 Å². The topological polar surface area (TPSA) is 37.4 Å². The van der Waals surface area contributed by atoms with Crippen LogP contribution >= 0.6 is 15.9 Å². The molecule has 0 aliphatic carbocycles. The summed E-state index contributed by atoms with van der Waals surface area (Å²) in [6.45, 7) is 5.79. The molecule has 0 fully saturated rings. The summed E-state index contributed by atoms with van der Waals surface area (Å²) in [5, 5.41) is 0. The van der Waals surface area contributed by atoms with E-state index in [1.165, 1.54) is 4.31 Å². The van der Waals surface area contributed by atoms with E-state index in [1.54, 1.807) is 42.5 Å². The van der Waals surface area contributed by atoms with Gasteiger partial charge in [-0.1, -0.05) is 39.7 Å². The van der Waals surface area contributed by atoms with E-state index in [2.05, 4.69) is 22.5 Å². The average molecular weight is 366 g/mol. The van der Waals surface area contributed by atoms with Gasteiger partial charge in [-0.05, 0) is 43.3 Å². The van der Waals surface area contributed by atoms with E-state index in [1.807, 2.05) is 19.1 Å². The van der Waals surface area contributed by atoms with Crippen LogP contribution in [0.3, 0.4) is 0 Å². The molecule has 0 N–H and O–H groups in total. The van der Waals surface area contributed by atoms with E-state index < -0.39 is 10.0 Å². The van der Waals surface area contributed by atoms with Crippen molar-refractivity contribution >= 4 is 31.6 Å². The zero-order chi connectivity index (χ0) is 15.5. The molecule has 3 nitrogen and oxygen atoms in total. The van der Waals surface area contributed by atoms with E-state index in [9.17, 15) is 8.42 Å². The molecule has 0 amide bonds. The van der Waals surface area contributed by atoms with Crippen LogP contribution in [0.1, 0.15) is 5.56 Å². The van der Waals surface area contributed by atoms with Crippen molar-refractivity contribution in [2.24, 2.45) is 0 Å². The number of sulfonamides is 1. The molecular formula is C16H16BrNO2S. The highest BCUT2D eigenvalue weighted by Gasteiger charge is 2.23.